The van der Waals surface area contributed by atoms with Crippen LogP contribution in [0.1, 0.15) is 25.3 Å². The molecule has 0 saturated carbocycles. The van der Waals surface area contributed by atoms with Gasteiger partial charge in [-0.2, -0.15) is 0 Å². The van der Waals surface area contributed by atoms with Crippen molar-refractivity contribution in [3.63, 3.8) is 0 Å². The predicted octanol–water partition coefficient (Wildman–Crippen LogP) is 2.29. The second-order valence-corrected chi connectivity index (χ2v) is 6.93. The van der Waals surface area contributed by atoms with Gasteiger partial charge < -0.3 is 5.11 Å². The average Bonchev–Trinajstić information content (AvgIpc) is 2.25. The number of carboxylic acid groups (broad SMARTS) is 1. The third-order valence-corrected chi connectivity index (χ3v) is 5.09. The summed E-state index contributed by atoms with van der Waals surface area (Å²) in [7, 11) is -3.64. The molecule has 1 rings (SSSR count). The molecule has 0 aliphatic heterocycles. The molecule has 7 heteroatoms. The van der Waals surface area contributed by atoms with Crippen LogP contribution in [0.2, 0.25) is 0 Å². The fourth-order valence-corrected chi connectivity index (χ4v) is 4.02. The molecular formula is C12H16BrNO4S. The van der Waals surface area contributed by atoms with Gasteiger partial charge in [-0.1, -0.05) is 6.07 Å². The van der Waals surface area contributed by atoms with Gasteiger partial charge in [-0.05, 0) is 53.9 Å². The maximum absolute atomic E-state index is 12.1. The Bertz CT molecular complexity index is 571. The Morgan fingerprint density at radius 1 is 1.47 bits per heavy atom. The fourth-order valence-electron chi connectivity index (χ4n) is 1.55. The number of hydrogen-bond donors (Lipinski definition) is 2. The zero-order chi connectivity index (χ0) is 14.6. The number of nitrogens with one attached hydrogen (secondary N) is 1. The minimum atomic E-state index is -3.64. The van der Waals surface area contributed by atoms with Crippen LogP contribution in [0.4, 0.5) is 0 Å². The molecule has 5 nitrogen and oxygen atoms in total. The normalized spacial score (nSPS) is 13.2. The van der Waals surface area contributed by atoms with Gasteiger partial charge in [0, 0.05) is 16.9 Å². The van der Waals surface area contributed by atoms with Crippen LogP contribution in [0, 0.1) is 6.92 Å². The Morgan fingerprint density at radius 3 is 2.63 bits per heavy atom. The quantitative estimate of drug-likeness (QED) is 0.825. The predicted molar refractivity (Wildman–Crippen MR) is 75.5 cm³/mol. The topological polar surface area (TPSA) is 83.5 Å². The SMILES string of the molecule is Cc1ccc(S(=O)(=O)NC(C)CCC(=O)O)c(Br)c1. The first-order valence-electron chi connectivity index (χ1n) is 5.72. The van der Waals surface area contributed by atoms with E-state index in [1.165, 1.54) is 6.07 Å². The van der Waals surface area contributed by atoms with Crippen LogP contribution in [-0.2, 0) is 14.8 Å². The summed E-state index contributed by atoms with van der Waals surface area (Å²) in [6, 6.07) is 4.51. The minimum absolute atomic E-state index is 0.0707. The lowest BCUT2D eigenvalue weighted by Crippen LogP contribution is -2.33. The van der Waals surface area contributed by atoms with Crippen molar-refractivity contribution in [3.05, 3.63) is 28.2 Å². The number of carboxylic acids is 1. The molecule has 0 radical (unpaired) electrons. The van der Waals surface area contributed by atoms with E-state index in [4.69, 9.17) is 5.11 Å². The van der Waals surface area contributed by atoms with Gasteiger partial charge in [-0.25, -0.2) is 13.1 Å². The largest absolute Gasteiger partial charge is 0.481 e. The van der Waals surface area contributed by atoms with E-state index in [9.17, 15) is 13.2 Å². The molecule has 0 bridgehead atoms. The van der Waals surface area contributed by atoms with Crippen LogP contribution in [0.25, 0.3) is 0 Å². The first-order valence-corrected chi connectivity index (χ1v) is 8.00. The molecule has 0 saturated heterocycles. The smallest absolute Gasteiger partial charge is 0.303 e. The Morgan fingerprint density at radius 2 is 2.11 bits per heavy atom. The third-order valence-electron chi connectivity index (χ3n) is 2.52. The third kappa shape index (κ3) is 4.93. The summed E-state index contributed by atoms with van der Waals surface area (Å²) in [6.45, 7) is 3.51. The standard InChI is InChI=1S/C12H16BrNO4S/c1-8-3-5-11(10(13)7-8)19(17,18)14-9(2)4-6-12(15)16/h3,5,7,9,14H,4,6H2,1-2H3,(H,15,16). The number of halogens is 1. The number of carbonyl (C=O) groups is 1. The number of hydrogen-bond acceptors (Lipinski definition) is 3. The van der Waals surface area contributed by atoms with E-state index in [2.05, 4.69) is 20.7 Å². The molecule has 0 amide bonds. The van der Waals surface area contributed by atoms with E-state index in [0.717, 1.165) is 5.56 Å². The lowest BCUT2D eigenvalue weighted by atomic mass is 10.2. The Labute approximate surface area is 121 Å². The van der Waals surface area contributed by atoms with Crippen molar-refractivity contribution in [2.75, 3.05) is 0 Å². The maximum atomic E-state index is 12.1. The van der Waals surface area contributed by atoms with Crippen LogP contribution in [-0.4, -0.2) is 25.5 Å². The van der Waals surface area contributed by atoms with E-state index >= 15 is 0 Å². The molecule has 1 atom stereocenters. The Balaban J connectivity index is 2.83. The van der Waals surface area contributed by atoms with Gasteiger partial charge in [0.05, 0.1) is 4.90 Å². The van der Waals surface area contributed by atoms with Crippen molar-refractivity contribution in [2.45, 2.75) is 37.6 Å². The molecule has 0 heterocycles. The molecule has 0 aliphatic rings. The van der Waals surface area contributed by atoms with E-state index in [-0.39, 0.29) is 17.7 Å². The summed E-state index contributed by atoms with van der Waals surface area (Å²) in [4.78, 5) is 10.6. The highest BCUT2D eigenvalue weighted by Crippen LogP contribution is 2.23. The van der Waals surface area contributed by atoms with E-state index in [0.29, 0.717) is 4.47 Å². The van der Waals surface area contributed by atoms with Gasteiger partial charge in [-0.15, -0.1) is 0 Å². The van der Waals surface area contributed by atoms with E-state index < -0.39 is 22.0 Å². The van der Waals surface area contributed by atoms with Crippen molar-refractivity contribution >= 4 is 31.9 Å². The summed E-state index contributed by atoms with van der Waals surface area (Å²) < 4.78 is 27.2. The molecular weight excluding hydrogens is 334 g/mol. The molecule has 1 aromatic rings. The van der Waals surface area contributed by atoms with Gasteiger partial charge in [0.15, 0.2) is 0 Å². The van der Waals surface area contributed by atoms with Gasteiger partial charge in [0.25, 0.3) is 0 Å². The highest BCUT2D eigenvalue weighted by atomic mass is 79.9. The average molecular weight is 350 g/mol. The summed E-state index contributed by atoms with van der Waals surface area (Å²) in [5.74, 6) is -0.942. The van der Waals surface area contributed by atoms with Crippen molar-refractivity contribution < 1.29 is 18.3 Å². The van der Waals surface area contributed by atoms with Crippen LogP contribution >= 0.6 is 15.9 Å². The first-order chi connectivity index (χ1) is 8.72. The maximum Gasteiger partial charge on any atom is 0.303 e. The second-order valence-electron chi connectivity index (χ2n) is 4.39. The lowest BCUT2D eigenvalue weighted by Gasteiger charge is -2.14. The molecule has 2 N–H and O–H groups in total. The van der Waals surface area contributed by atoms with Gasteiger partial charge in [0.2, 0.25) is 10.0 Å². The molecule has 0 aliphatic carbocycles. The Hall–Kier alpha value is -0.920. The molecule has 0 spiro atoms. The van der Waals surface area contributed by atoms with Gasteiger partial charge in [-0.3, -0.25) is 4.79 Å². The zero-order valence-corrected chi connectivity index (χ0v) is 13.1. The number of aryl methyl sites for hydroxylation is 1. The summed E-state index contributed by atoms with van der Waals surface area (Å²) in [5.41, 5.74) is 0.949. The fraction of sp³-hybridized carbons (Fsp3) is 0.417. The van der Waals surface area contributed by atoms with Crippen molar-refractivity contribution in [1.29, 1.82) is 0 Å². The highest BCUT2D eigenvalue weighted by Gasteiger charge is 2.20. The monoisotopic (exact) mass is 349 g/mol. The lowest BCUT2D eigenvalue weighted by molar-refractivity contribution is -0.137. The van der Waals surface area contributed by atoms with E-state index in [1.54, 1.807) is 19.1 Å². The summed E-state index contributed by atoms with van der Waals surface area (Å²) >= 11 is 3.22. The molecule has 0 fully saturated rings. The minimum Gasteiger partial charge on any atom is -0.481 e. The molecule has 1 aromatic carbocycles. The zero-order valence-electron chi connectivity index (χ0n) is 10.7. The van der Waals surface area contributed by atoms with Gasteiger partial charge in [0.1, 0.15) is 0 Å². The summed E-state index contributed by atoms with van der Waals surface area (Å²) in [6.07, 6.45) is 0.177. The van der Waals surface area contributed by atoms with Crippen molar-refractivity contribution in [2.24, 2.45) is 0 Å². The number of sulfonamides is 1. The van der Waals surface area contributed by atoms with Gasteiger partial charge >= 0.3 is 5.97 Å². The van der Waals surface area contributed by atoms with Crippen LogP contribution in [0.5, 0.6) is 0 Å². The second kappa shape index (κ2) is 6.49. The number of aliphatic carboxylic acids is 1. The van der Waals surface area contributed by atoms with E-state index in [1.807, 2.05) is 6.92 Å². The van der Waals surface area contributed by atoms with Crippen molar-refractivity contribution in [3.8, 4) is 0 Å². The summed E-state index contributed by atoms with van der Waals surface area (Å²) in [5, 5.41) is 8.57. The van der Waals surface area contributed by atoms with Crippen molar-refractivity contribution in [1.82, 2.24) is 4.72 Å². The Kier molecular flexibility index (Phi) is 5.51. The molecule has 106 valence electrons. The first kappa shape index (κ1) is 16.1. The van der Waals surface area contributed by atoms with Crippen LogP contribution in [0.3, 0.4) is 0 Å². The highest BCUT2D eigenvalue weighted by molar-refractivity contribution is 9.10. The van der Waals surface area contributed by atoms with Crippen LogP contribution in [0.15, 0.2) is 27.6 Å². The molecule has 0 aromatic heterocycles. The molecule has 19 heavy (non-hydrogen) atoms. The number of benzene rings is 1. The molecule has 1 unspecified atom stereocenters. The van der Waals surface area contributed by atoms with Crippen LogP contribution < -0.4 is 4.72 Å². The number of rotatable bonds is 6.